The summed E-state index contributed by atoms with van der Waals surface area (Å²) in [6.07, 6.45) is 3.52. The molecule has 1 saturated heterocycles. The third-order valence-electron chi connectivity index (χ3n) is 3.26. The summed E-state index contributed by atoms with van der Waals surface area (Å²) in [5.41, 5.74) is 0. The number of nitrogens with one attached hydrogen (secondary N) is 1. The van der Waals surface area contributed by atoms with E-state index in [1.54, 1.807) is 0 Å². The Bertz CT molecular complexity index is 310. The maximum Gasteiger partial charge on any atom is 0.119 e. The molecule has 1 aliphatic heterocycles. The minimum absolute atomic E-state index is 0.776. The van der Waals surface area contributed by atoms with Gasteiger partial charge in [0.25, 0.3) is 0 Å². The summed E-state index contributed by atoms with van der Waals surface area (Å²) < 4.78 is 11.0. The highest BCUT2D eigenvalue weighted by molar-refractivity contribution is 5.20. The van der Waals surface area contributed by atoms with Crippen molar-refractivity contribution in [2.45, 2.75) is 19.3 Å². The molecule has 3 heteroatoms. The highest BCUT2D eigenvalue weighted by atomic mass is 16.5. The van der Waals surface area contributed by atoms with Crippen LogP contribution in [0.2, 0.25) is 0 Å². The van der Waals surface area contributed by atoms with Gasteiger partial charge in [0.2, 0.25) is 0 Å². The lowest BCUT2D eigenvalue weighted by molar-refractivity contribution is 0.184. The molecule has 1 aromatic rings. The van der Waals surface area contributed by atoms with Crippen LogP contribution in [-0.2, 0) is 4.74 Å². The average Bonchev–Trinajstić information content (AvgIpc) is 2.92. The highest BCUT2D eigenvalue weighted by Gasteiger charge is 2.14. The molecule has 0 spiro atoms. The third-order valence-corrected chi connectivity index (χ3v) is 3.26. The molecule has 1 heterocycles. The molecule has 2 rings (SSSR count). The Balaban J connectivity index is 1.42. The Labute approximate surface area is 109 Å². The minimum Gasteiger partial charge on any atom is -0.494 e. The minimum atomic E-state index is 0.776. The predicted molar refractivity (Wildman–Crippen MR) is 73.0 cm³/mol. The standard InChI is InChI=1S/C15H23NO2/c1-2-5-15(6-3-1)18-11-4-9-16-10-7-14-8-12-17-13-14/h1-3,5-6,14,16H,4,7-13H2. The molecule has 1 fully saturated rings. The third kappa shape index (κ3) is 5.07. The molecule has 1 unspecified atom stereocenters. The van der Waals surface area contributed by atoms with Crippen molar-refractivity contribution in [3.8, 4) is 5.75 Å². The fraction of sp³-hybridized carbons (Fsp3) is 0.600. The highest BCUT2D eigenvalue weighted by Crippen LogP contribution is 2.15. The maximum absolute atomic E-state index is 5.63. The Morgan fingerprint density at radius 2 is 2.11 bits per heavy atom. The van der Waals surface area contributed by atoms with Crippen LogP contribution in [0, 0.1) is 5.92 Å². The van der Waals surface area contributed by atoms with Gasteiger partial charge >= 0.3 is 0 Å². The van der Waals surface area contributed by atoms with E-state index in [2.05, 4.69) is 5.32 Å². The lowest BCUT2D eigenvalue weighted by atomic mass is 10.1. The molecular formula is C15H23NO2. The van der Waals surface area contributed by atoms with Gasteiger partial charge in [0.05, 0.1) is 6.61 Å². The Hall–Kier alpha value is -1.06. The van der Waals surface area contributed by atoms with E-state index in [4.69, 9.17) is 9.47 Å². The van der Waals surface area contributed by atoms with Crippen LogP contribution in [0.3, 0.4) is 0 Å². The summed E-state index contributed by atoms with van der Waals surface area (Å²) >= 11 is 0. The van der Waals surface area contributed by atoms with Crippen LogP contribution in [0.15, 0.2) is 30.3 Å². The number of hydrogen-bond donors (Lipinski definition) is 1. The van der Waals surface area contributed by atoms with E-state index in [1.807, 2.05) is 30.3 Å². The number of ether oxygens (including phenoxy) is 2. The van der Waals surface area contributed by atoms with Crippen molar-refractivity contribution < 1.29 is 9.47 Å². The van der Waals surface area contributed by atoms with Crippen LogP contribution in [0.1, 0.15) is 19.3 Å². The van der Waals surface area contributed by atoms with Crippen molar-refractivity contribution in [1.82, 2.24) is 5.32 Å². The fourth-order valence-corrected chi connectivity index (χ4v) is 2.15. The summed E-state index contributed by atoms with van der Waals surface area (Å²) in [6.45, 7) is 4.82. The van der Waals surface area contributed by atoms with Crippen LogP contribution >= 0.6 is 0 Å². The van der Waals surface area contributed by atoms with Crippen LogP contribution in [0.25, 0.3) is 0 Å². The molecule has 3 nitrogen and oxygen atoms in total. The van der Waals surface area contributed by atoms with Crippen LogP contribution in [-0.4, -0.2) is 32.9 Å². The molecule has 1 aliphatic rings. The lowest BCUT2D eigenvalue weighted by Crippen LogP contribution is -2.21. The second-order valence-corrected chi connectivity index (χ2v) is 4.78. The Kier molecular flexibility index (Phi) is 6.03. The maximum atomic E-state index is 5.63. The molecule has 1 N–H and O–H groups in total. The van der Waals surface area contributed by atoms with Crippen LogP contribution in [0.5, 0.6) is 5.75 Å². The first-order chi connectivity index (χ1) is 8.95. The molecule has 0 aliphatic carbocycles. The van der Waals surface area contributed by atoms with Gasteiger partial charge in [0.1, 0.15) is 5.75 Å². The fourth-order valence-electron chi connectivity index (χ4n) is 2.15. The smallest absolute Gasteiger partial charge is 0.119 e. The molecule has 0 amide bonds. The van der Waals surface area contributed by atoms with Crippen molar-refractivity contribution in [2.24, 2.45) is 5.92 Å². The van der Waals surface area contributed by atoms with Gasteiger partial charge in [0, 0.05) is 13.2 Å². The number of rotatable bonds is 8. The molecule has 0 bridgehead atoms. The first-order valence-corrected chi connectivity index (χ1v) is 6.91. The van der Waals surface area contributed by atoms with E-state index >= 15 is 0 Å². The molecular weight excluding hydrogens is 226 g/mol. The monoisotopic (exact) mass is 249 g/mol. The van der Waals surface area contributed by atoms with Gasteiger partial charge < -0.3 is 14.8 Å². The van der Waals surface area contributed by atoms with Crippen molar-refractivity contribution in [2.75, 3.05) is 32.9 Å². The summed E-state index contributed by atoms with van der Waals surface area (Å²) in [7, 11) is 0. The van der Waals surface area contributed by atoms with Gasteiger partial charge in [-0.05, 0) is 50.4 Å². The average molecular weight is 249 g/mol. The second kappa shape index (κ2) is 8.11. The van der Waals surface area contributed by atoms with Crippen molar-refractivity contribution in [3.05, 3.63) is 30.3 Å². The van der Waals surface area contributed by atoms with Gasteiger partial charge in [0.15, 0.2) is 0 Å². The summed E-state index contributed by atoms with van der Waals surface area (Å²) in [6, 6.07) is 9.98. The van der Waals surface area contributed by atoms with E-state index in [0.717, 1.165) is 51.0 Å². The van der Waals surface area contributed by atoms with Gasteiger partial charge in [-0.2, -0.15) is 0 Å². The molecule has 1 aromatic carbocycles. The summed E-state index contributed by atoms with van der Waals surface area (Å²) in [5.74, 6) is 1.73. The summed E-state index contributed by atoms with van der Waals surface area (Å²) in [4.78, 5) is 0. The molecule has 0 saturated carbocycles. The molecule has 0 aromatic heterocycles. The summed E-state index contributed by atoms with van der Waals surface area (Å²) in [5, 5.41) is 3.46. The topological polar surface area (TPSA) is 30.5 Å². The van der Waals surface area contributed by atoms with Gasteiger partial charge in [-0.3, -0.25) is 0 Å². The van der Waals surface area contributed by atoms with Crippen LogP contribution < -0.4 is 10.1 Å². The molecule has 1 atom stereocenters. The first-order valence-electron chi connectivity index (χ1n) is 6.91. The molecule has 0 radical (unpaired) electrons. The van der Waals surface area contributed by atoms with Gasteiger partial charge in [-0.1, -0.05) is 18.2 Å². The lowest BCUT2D eigenvalue weighted by Gasteiger charge is -2.09. The number of benzene rings is 1. The van der Waals surface area contributed by atoms with Crippen LogP contribution in [0.4, 0.5) is 0 Å². The predicted octanol–water partition coefficient (Wildman–Crippen LogP) is 2.47. The number of hydrogen-bond acceptors (Lipinski definition) is 3. The Morgan fingerprint density at radius 1 is 1.22 bits per heavy atom. The van der Waals surface area contributed by atoms with E-state index < -0.39 is 0 Å². The van der Waals surface area contributed by atoms with E-state index in [1.165, 1.54) is 12.8 Å². The second-order valence-electron chi connectivity index (χ2n) is 4.78. The molecule has 100 valence electrons. The zero-order valence-corrected chi connectivity index (χ0v) is 10.9. The van der Waals surface area contributed by atoms with E-state index in [0.29, 0.717) is 0 Å². The zero-order valence-electron chi connectivity index (χ0n) is 10.9. The largest absolute Gasteiger partial charge is 0.494 e. The van der Waals surface area contributed by atoms with Crippen molar-refractivity contribution in [1.29, 1.82) is 0 Å². The number of para-hydroxylation sites is 1. The van der Waals surface area contributed by atoms with Gasteiger partial charge in [-0.25, -0.2) is 0 Å². The Morgan fingerprint density at radius 3 is 2.89 bits per heavy atom. The van der Waals surface area contributed by atoms with Gasteiger partial charge in [-0.15, -0.1) is 0 Å². The van der Waals surface area contributed by atoms with Crippen molar-refractivity contribution in [3.63, 3.8) is 0 Å². The van der Waals surface area contributed by atoms with Crippen molar-refractivity contribution >= 4 is 0 Å². The first kappa shape index (κ1) is 13.4. The zero-order chi connectivity index (χ0) is 12.5. The SMILES string of the molecule is c1ccc(OCCCNCCC2CCOC2)cc1. The normalized spacial score (nSPS) is 19.0. The quantitative estimate of drug-likeness (QED) is 0.718. The van der Waals surface area contributed by atoms with E-state index in [9.17, 15) is 0 Å². The molecule has 18 heavy (non-hydrogen) atoms. The van der Waals surface area contributed by atoms with E-state index in [-0.39, 0.29) is 0 Å².